The predicted octanol–water partition coefficient (Wildman–Crippen LogP) is 1.96. The molecule has 0 fully saturated rings. The van der Waals surface area contributed by atoms with E-state index in [0.717, 1.165) is 28.3 Å². The fourth-order valence-electron chi connectivity index (χ4n) is 2.60. The molecule has 0 bridgehead atoms. The molecule has 0 amide bonds. The highest BCUT2D eigenvalue weighted by atomic mass is 16.5. The van der Waals surface area contributed by atoms with Crippen molar-refractivity contribution in [2.75, 3.05) is 26.9 Å². The molecule has 0 spiro atoms. The summed E-state index contributed by atoms with van der Waals surface area (Å²) in [5, 5.41) is 15.7. The van der Waals surface area contributed by atoms with Crippen molar-refractivity contribution in [1.29, 1.82) is 0 Å². The van der Waals surface area contributed by atoms with Gasteiger partial charge in [0.05, 0.1) is 45.1 Å². The number of imidazole rings is 1. The van der Waals surface area contributed by atoms with Gasteiger partial charge < -0.3 is 19.1 Å². The molecule has 0 unspecified atom stereocenters. The number of benzene rings is 1. The molecule has 0 atom stereocenters. The minimum Gasteiger partial charge on any atom is -0.496 e. The Kier molecular flexibility index (Phi) is 5.25. The minimum atomic E-state index is 0.0188. The van der Waals surface area contributed by atoms with Crippen molar-refractivity contribution in [2.45, 2.75) is 6.54 Å². The molecular weight excluding hydrogens is 308 g/mol. The molecule has 2 heterocycles. The normalized spacial score (nSPS) is 10.9. The molecule has 2 N–H and O–H groups in total. The van der Waals surface area contributed by atoms with E-state index in [1.165, 1.54) is 0 Å². The molecule has 0 saturated carbocycles. The summed E-state index contributed by atoms with van der Waals surface area (Å²) >= 11 is 0. The van der Waals surface area contributed by atoms with E-state index >= 15 is 0 Å². The number of nitrogens with zero attached hydrogens (tertiary/aromatic N) is 3. The van der Waals surface area contributed by atoms with Crippen LogP contribution in [0.15, 0.2) is 43.0 Å². The highest BCUT2D eigenvalue weighted by Crippen LogP contribution is 2.35. The van der Waals surface area contributed by atoms with Gasteiger partial charge in [0.2, 0.25) is 0 Å². The summed E-state index contributed by atoms with van der Waals surface area (Å²) in [4.78, 5) is 4.59. The van der Waals surface area contributed by atoms with Crippen LogP contribution in [0.25, 0.3) is 22.5 Å². The van der Waals surface area contributed by atoms with Crippen molar-refractivity contribution in [1.82, 2.24) is 19.7 Å². The molecule has 24 heavy (non-hydrogen) atoms. The zero-order valence-electron chi connectivity index (χ0n) is 13.5. The topological polar surface area (TPSA) is 85.2 Å². The summed E-state index contributed by atoms with van der Waals surface area (Å²) in [6.45, 7) is 1.47. The molecule has 126 valence electrons. The van der Waals surface area contributed by atoms with E-state index in [1.54, 1.807) is 19.6 Å². The van der Waals surface area contributed by atoms with Gasteiger partial charge in [0, 0.05) is 23.9 Å². The Morgan fingerprint density at radius 2 is 2.12 bits per heavy atom. The number of rotatable bonds is 8. The van der Waals surface area contributed by atoms with Crippen LogP contribution in [0.5, 0.6) is 5.75 Å². The number of hydrogen-bond donors (Lipinski definition) is 2. The third kappa shape index (κ3) is 3.32. The fraction of sp³-hybridized carbons (Fsp3) is 0.294. The standard InChI is InChI=1S/C17H20N4O3/c1-23-15-5-3-2-4-14(15)16-17(13-10-19-20-11-13)21(12-18-16)6-8-24-9-7-22/h2-5,10-12,22H,6-9H2,1H3,(H,19,20). The van der Waals surface area contributed by atoms with Crippen molar-refractivity contribution in [3.05, 3.63) is 43.0 Å². The molecular formula is C17H20N4O3. The average Bonchev–Trinajstić information content (AvgIpc) is 3.28. The Balaban J connectivity index is 1.99. The lowest BCUT2D eigenvalue weighted by molar-refractivity contribution is 0.0872. The number of ether oxygens (including phenoxy) is 2. The first-order chi connectivity index (χ1) is 11.8. The van der Waals surface area contributed by atoms with Gasteiger partial charge in [-0.3, -0.25) is 5.10 Å². The van der Waals surface area contributed by atoms with Gasteiger partial charge in [-0.25, -0.2) is 4.98 Å². The van der Waals surface area contributed by atoms with E-state index in [0.29, 0.717) is 19.8 Å². The Morgan fingerprint density at radius 1 is 1.25 bits per heavy atom. The van der Waals surface area contributed by atoms with Crippen LogP contribution in [0.4, 0.5) is 0 Å². The summed E-state index contributed by atoms with van der Waals surface area (Å²) in [6.07, 6.45) is 5.38. The number of aliphatic hydroxyl groups is 1. The van der Waals surface area contributed by atoms with Crippen LogP contribution in [0, 0.1) is 0 Å². The van der Waals surface area contributed by atoms with Crippen molar-refractivity contribution < 1.29 is 14.6 Å². The highest BCUT2D eigenvalue weighted by molar-refractivity contribution is 5.81. The van der Waals surface area contributed by atoms with Gasteiger partial charge in [-0.1, -0.05) is 12.1 Å². The molecule has 3 aromatic rings. The van der Waals surface area contributed by atoms with Crippen LogP contribution in [-0.4, -0.2) is 51.8 Å². The van der Waals surface area contributed by atoms with Crippen LogP contribution in [0.3, 0.4) is 0 Å². The largest absolute Gasteiger partial charge is 0.496 e. The lowest BCUT2D eigenvalue weighted by Gasteiger charge is -2.11. The summed E-state index contributed by atoms with van der Waals surface area (Å²) in [6, 6.07) is 7.79. The number of aromatic nitrogens is 4. The molecule has 0 aliphatic carbocycles. The number of methoxy groups -OCH3 is 1. The number of nitrogens with one attached hydrogen (secondary N) is 1. The third-order valence-electron chi connectivity index (χ3n) is 3.68. The Morgan fingerprint density at radius 3 is 2.88 bits per heavy atom. The summed E-state index contributed by atoms with van der Waals surface area (Å²) in [5.74, 6) is 0.768. The van der Waals surface area contributed by atoms with E-state index in [9.17, 15) is 0 Å². The van der Waals surface area contributed by atoms with Crippen LogP contribution >= 0.6 is 0 Å². The first kappa shape index (κ1) is 16.2. The molecule has 0 aliphatic rings. The molecule has 7 nitrogen and oxygen atoms in total. The zero-order valence-corrected chi connectivity index (χ0v) is 13.5. The lowest BCUT2D eigenvalue weighted by Crippen LogP contribution is -2.08. The summed E-state index contributed by atoms with van der Waals surface area (Å²) < 4.78 is 12.9. The molecule has 7 heteroatoms. The molecule has 3 rings (SSSR count). The maximum Gasteiger partial charge on any atom is 0.128 e. The van der Waals surface area contributed by atoms with Crippen LogP contribution in [0.1, 0.15) is 0 Å². The smallest absolute Gasteiger partial charge is 0.128 e. The van der Waals surface area contributed by atoms with Gasteiger partial charge in [-0.2, -0.15) is 5.10 Å². The molecule has 0 aliphatic heterocycles. The monoisotopic (exact) mass is 328 g/mol. The molecule has 0 radical (unpaired) electrons. The van der Waals surface area contributed by atoms with Gasteiger partial charge in [-0.15, -0.1) is 0 Å². The number of aromatic amines is 1. The van der Waals surface area contributed by atoms with Crippen molar-refractivity contribution in [2.24, 2.45) is 0 Å². The SMILES string of the molecule is COc1ccccc1-c1ncn(CCOCCO)c1-c1cn[nH]c1. The first-order valence-electron chi connectivity index (χ1n) is 7.71. The van der Waals surface area contributed by atoms with Gasteiger partial charge in [0.1, 0.15) is 11.4 Å². The average molecular weight is 328 g/mol. The van der Waals surface area contributed by atoms with Gasteiger partial charge in [-0.05, 0) is 12.1 Å². The second-order valence-electron chi connectivity index (χ2n) is 5.16. The van der Waals surface area contributed by atoms with Gasteiger partial charge >= 0.3 is 0 Å². The fourth-order valence-corrected chi connectivity index (χ4v) is 2.60. The highest BCUT2D eigenvalue weighted by Gasteiger charge is 2.18. The summed E-state index contributed by atoms with van der Waals surface area (Å²) in [7, 11) is 1.65. The number of para-hydroxylation sites is 1. The Hall–Kier alpha value is -2.64. The van der Waals surface area contributed by atoms with E-state index in [2.05, 4.69) is 15.2 Å². The summed E-state index contributed by atoms with van der Waals surface area (Å²) in [5.41, 5.74) is 3.64. The minimum absolute atomic E-state index is 0.0188. The maximum atomic E-state index is 8.81. The van der Waals surface area contributed by atoms with E-state index in [-0.39, 0.29) is 6.61 Å². The Bertz CT molecular complexity index is 768. The lowest BCUT2D eigenvalue weighted by atomic mass is 10.1. The maximum absolute atomic E-state index is 8.81. The number of aliphatic hydroxyl groups excluding tert-OH is 1. The molecule has 2 aromatic heterocycles. The van der Waals surface area contributed by atoms with E-state index in [1.807, 2.05) is 35.0 Å². The number of H-pyrrole nitrogens is 1. The zero-order chi connectivity index (χ0) is 16.8. The third-order valence-corrected chi connectivity index (χ3v) is 3.68. The first-order valence-corrected chi connectivity index (χ1v) is 7.71. The second-order valence-corrected chi connectivity index (χ2v) is 5.16. The van der Waals surface area contributed by atoms with E-state index in [4.69, 9.17) is 14.6 Å². The van der Waals surface area contributed by atoms with E-state index < -0.39 is 0 Å². The molecule has 1 aromatic carbocycles. The van der Waals surface area contributed by atoms with Crippen molar-refractivity contribution in [3.63, 3.8) is 0 Å². The Labute approximate surface area is 139 Å². The van der Waals surface area contributed by atoms with Crippen molar-refractivity contribution in [3.8, 4) is 28.3 Å². The predicted molar refractivity (Wildman–Crippen MR) is 89.7 cm³/mol. The van der Waals surface area contributed by atoms with Crippen LogP contribution in [0.2, 0.25) is 0 Å². The van der Waals surface area contributed by atoms with Crippen LogP contribution < -0.4 is 4.74 Å². The number of hydrogen-bond acceptors (Lipinski definition) is 5. The quantitative estimate of drug-likeness (QED) is 0.617. The van der Waals surface area contributed by atoms with Gasteiger partial charge in [0.15, 0.2) is 0 Å². The van der Waals surface area contributed by atoms with Crippen molar-refractivity contribution >= 4 is 0 Å². The second kappa shape index (κ2) is 7.76. The van der Waals surface area contributed by atoms with Crippen LogP contribution in [-0.2, 0) is 11.3 Å². The molecule has 0 saturated heterocycles. The van der Waals surface area contributed by atoms with Gasteiger partial charge in [0.25, 0.3) is 0 Å².